The topological polar surface area (TPSA) is 73.4 Å². The summed E-state index contributed by atoms with van der Waals surface area (Å²) in [6, 6.07) is 21.0. The molecule has 2 amide bonds. The van der Waals surface area contributed by atoms with Crippen molar-refractivity contribution >= 4 is 17.7 Å². The molecule has 7 nitrogen and oxygen atoms in total. The monoisotopic (exact) mass is 470 g/mol. The van der Waals surface area contributed by atoms with Crippen molar-refractivity contribution in [3.8, 4) is 0 Å². The summed E-state index contributed by atoms with van der Waals surface area (Å²) in [5.74, 6) is 0.579. The van der Waals surface area contributed by atoms with Crippen molar-refractivity contribution in [1.29, 1.82) is 0 Å². The van der Waals surface area contributed by atoms with E-state index in [2.05, 4.69) is 82.1 Å². The Morgan fingerprint density at radius 3 is 2.20 bits per heavy atom. The van der Waals surface area contributed by atoms with Gasteiger partial charge in [0, 0.05) is 12.1 Å². The highest BCUT2D eigenvalue weighted by Crippen LogP contribution is 2.46. The van der Waals surface area contributed by atoms with Crippen LogP contribution in [0.2, 0.25) is 0 Å². The van der Waals surface area contributed by atoms with Crippen LogP contribution in [0, 0.1) is 0 Å². The fourth-order valence-corrected chi connectivity index (χ4v) is 5.60. The number of aromatic nitrogens is 2. The fourth-order valence-electron chi connectivity index (χ4n) is 5.60. The number of nitrogens with one attached hydrogen (secondary N) is 2. The maximum Gasteiger partial charge on any atom is 0.322 e. The lowest BCUT2D eigenvalue weighted by atomic mass is 9.69. The summed E-state index contributed by atoms with van der Waals surface area (Å²) in [7, 11) is 4.33. The second-order valence-electron chi connectivity index (χ2n) is 10.0. The first-order chi connectivity index (χ1) is 17.0. The van der Waals surface area contributed by atoms with E-state index in [-0.39, 0.29) is 17.1 Å². The third-order valence-electron chi connectivity index (χ3n) is 7.77. The summed E-state index contributed by atoms with van der Waals surface area (Å²) in [6.07, 6.45) is 8.25. The minimum Gasteiger partial charge on any atom is -0.354 e. The molecule has 3 aromatic rings. The van der Waals surface area contributed by atoms with Crippen LogP contribution in [0.4, 0.5) is 16.4 Å². The lowest BCUT2D eigenvalue weighted by molar-refractivity contribution is 0.0658. The lowest BCUT2D eigenvalue weighted by Gasteiger charge is -2.48. The van der Waals surface area contributed by atoms with Gasteiger partial charge in [-0.25, -0.2) is 14.8 Å². The number of hydrogen-bond donors (Lipinski definition) is 2. The molecule has 2 aliphatic rings. The molecule has 1 aromatic heterocycles. The number of carbonyl (C=O) groups excluding carboxylic acids is 1. The SMILES string of the molecule is CN(C)C1(c2ccccc2)CCC2(CC1)CN(c1cnc(NCCc3ccccc3)nc1)C(=O)N2. The highest BCUT2D eigenvalue weighted by Gasteiger charge is 2.50. The van der Waals surface area contributed by atoms with Gasteiger partial charge >= 0.3 is 6.03 Å². The molecule has 0 radical (unpaired) electrons. The van der Waals surface area contributed by atoms with Gasteiger partial charge in [0.15, 0.2) is 0 Å². The predicted octanol–water partition coefficient (Wildman–Crippen LogP) is 4.43. The van der Waals surface area contributed by atoms with Gasteiger partial charge in [-0.2, -0.15) is 0 Å². The molecule has 7 heteroatoms. The van der Waals surface area contributed by atoms with Crippen LogP contribution < -0.4 is 15.5 Å². The molecule has 5 rings (SSSR count). The van der Waals surface area contributed by atoms with E-state index in [1.807, 2.05) is 18.2 Å². The molecule has 0 atom stereocenters. The number of carbonyl (C=O) groups is 1. The number of benzene rings is 2. The third kappa shape index (κ3) is 4.73. The van der Waals surface area contributed by atoms with E-state index in [4.69, 9.17) is 0 Å². The highest BCUT2D eigenvalue weighted by molar-refractivity contribution is 5.95. The molecule has 0 bridgehead atoms. The van der Waals surface area contributed by atoms with Crippen molar-refractivity contribution in [2.75, 3.05) is 37.4 Å². The smallest absolute Gasteiger partial charge is 0.322 e. The fraction of sp³-hybridized carbons (Fsp3) is 0.393. The molecule has 1 saturated carbocycles. The number of rotatable bonds is 7. The Morgan fingerprint density at radius 2 is 1.57 bits per heavy atom. The van der Waals surface area contributed by atoms with Crippen LogP contribution in [0.15, 0.2) is 73.1 Å². The molecule has 2 N–H and O–H groups in total. The van der Waals surface area contributed by atoms with Crippen LogP contribution in [0.5, 0.6) is 0 Å². The molecule has 1 spiro atoms. The van der Waals surface area contributed by atoms with Gasteiger partial charge in [-0.05, 0) is 57.3 Å². The van der Waals surface area contributed by atoms with Crippen LogP contribution in [0.3, 0.4) is 0 Å². The number of nitrogens with zero attached hydrogens (tertiary/aromatic N) is 4. The van der Waals surface area contributed by atoms with Crippen LogP contribution in [-0.4, -0.2) is 53.6 Å². The molecular formula is C28H34N6O. The Labute approximate surface area is 207 Å². The molecule has 1 aliphatic heterocycles. The molecule has 1 saturated heterocycles. The zero-order chi connectivity index (χ0) is 24.3. The van der Waals surface area contributed by atoms with Gasteiger partial charge in [0.1, 0.15) is 0 Å². The van der Waals surface area contributed by atoms with Crippen molar-refractivity contribution in [2.24, 2.45) is 0 Å². The molecule has 1 aliphatic carbocycles. The summed E-state index contributed by atoms with van der Waals surface area (Å²) < 4.78 is 0. The van der Waals surface area contributed by atoms with Gasteiger partial charge < -0.3 is 10.6 Å². The number of urea groups is 1. The summed E-state index contributed by atoms with van der Waals surface area (Å²) in [6.45, 7) is 1.40. The second-order valence-corrected chi connectivity index (χ2v) is 10.0. The van der Waals surface area contributed by atoms with E-state index in [0.717, 1.165) is 44.3 Å². The van der Waals surface area contributed by atoms with Gasteiger partial charge in [-0.3, -0.25) is 9.80 Å². The average molecular weight is 471 g/mol. The van der Waals surface area contributed by atoms with Crippen LogP contribution in [0.25, 0.3) is 0 Å². The molecule has 2 heterocycles. The maximum atomic E-state index is 13.0. The van der Waals surface area contributed by atoms with Crippen LogP contribution in [-0.2, 0) is 12.0 Å². The van der Waals surface area contributed by atoms with E-state index < -0.39 is 0 Å². The van der Waals surface area contributed by atoms with Crippen LogP contribution >= 0.6 is 0 Å². The zero-order valence-corrected chi connectivity index (χ0v) is 20.6. The summed E-state index contributed by atoms with van der Waals surface area (Å²) in [5, 5.41) is 6.58. The average Bonchev–Trinajstić information content (AvgIpc) is 3.21. The van der Waals surface area contributed by atoms with Crippen molar-refractivity contribution in [3.63, 3.8) is 0 Å². The largest absolute Gasteiger partial charge is 0.354 e. The first-order valence-electron chi connectivity index (χ1n) is 12.4. The molecule has 0 unspecified atom stereocenters. The van der Waals surface area contributed by atoms with Gasteiger partial charge in [0.2, 0.25) is 5.95 Å². The Kier molecular flexibility index (Phi) is 6.43. The highest BCUT2D eigenvalue weighted by atomic mass is 16.2. The number of hydrogen-bond acceptors (Lipinski definition) is 5. The van der Waals surface area contributed by atoms with Crippen molar-refractivity contribution in [3.05, 3.63) is 84.2 Å². The van der Waals surface area contributed by atoms with Gasteiger partial charge in [0.25, 0.3) is 0 Å². The van der Waals surface area contributed by atoms with E-state index >= 15 is 0 Å². The van der Waals surface area contributed by atoms with Crippen molar-refractivity contribution in [1.82, 2.24) is 20.2 Å². The molecule has 35 heavy (non-hydrogen) atoms. The second kappa shape index (κ2) is 9.66. The van der Waals surface area contributed by atoms with E-state index in [1.54, 1.807) is 17.3 Å². The zero-order valence-electron chi connectivity index (χ0n) is 20.6. The summed E-state index contributed by atoms with van der Waals surface area (Å²) >= 11 is 0. The van der Waals surface area contributed by atoms with Crippen molar-refractivity contribution < 1.29 is 4.79 Å². The molecule has 2 fully saturated rings. The summed E-state index contributed by atoms with van der Waals surface area (Å²) in [5.41, 5.74) is 3.15. The standard InChI is InChI=1S/C28H34N6O/c1-33(2)28(23-11-7-4-8-12-23)16-14-27(15-17-28)21-34(26(35)32-27)24-19-30-25(31-20-24)29-18-13-22-9-5-3-6-10-22/h3-12,19-20H,13-18,21H2,1-2H3,(H,32,35)(H,29,30,31). The number of anilines is 2. The Balaban J connectivity index is 1.21. The Hall–Kier alpha value is -3.45. The normalized spacial score (nSPS) is 24.1. The molecule has 2 aromatic carbocycles. The summed E-state index contributed by atoms with van der Waals surface area (Å²) in [4.78, 5) is 26.0. The predicted molar refractivity (Wildman–Crippen MR) is 140 cm³/mol. The number of amides is 2. The van der Waals surface area contributed by atoms with E-state index in [9.17, 15) is 4.79 Å². The quantitative estimate of drug-likeness (QED) is 0.534. The first-order valence-corrected chi connectivity index (χ1v) is 12.4. The van der Waals surface area contributed by atoms with Crippen LogP contribution in [0.1, 0.15) is 36.8 Å². The first kappa shape index (κ1) is 23.3. The van der Waals surface area contributed by atoms with Gasteiger partial charge in [-0.1, -0.05) is 60.7 Å². The molecular weight excluding hydrogens is 436 g/mol. The minimum absolute atomic E-state index is 0.000830. The minimum atomic E-state index is -0.210. The lowest BCUT2D eigenvalue weighted by Crippen LogP contribution is -2.54. The maximum absolute atomic E-state index is 13.0. The van der Waals surface area contributed by atoms with Crippen molar-refractivity contribution in [2.45, 2.75) is 43.2 Å². The third-order valence-corrected chi connectivity index (χ3v) is 7.77. The Morgan fingerprint density at radius 1 is 0.943 bits per heavy atom. The van der Waals surface area contributed by atoms with Gasteiger partial charge in [0.05, 0.1) is 30.2 Å². The van der Waals surface area contributed by atoms with Gasteiger partial charge in [-0.15, -0.1) is 0 Å². The molecule has 182 valence electrons. The Bertz CT molecular complexity index is 1130. The van der Waals surface area contributed by atoms with E-state index in [1.165, 1.54) is 11.1 Å². The van der Waals surface area contributed by atoms with E-state index in [0.29, 0.717) is 12.5 Å².